The summed E-state index contributed by atoms with van der Waals surface area (Å²) in [6, 6.07) is 8.27. The Morgan fingerprint density at radius 2 is 2.00 bits per heavy atom. The number of ether oxygens (including phenoxy) is 1. The highest BCUT2D eigenvalue weighted by atomic mass is 16.5. The number of hydrogen-bond donors (Lipinski definition) is 1. The molecule has 0 heterocycles. The first kappa shape index (κ1) is 11.0. The summed E-state index contributed by atoms with van der Waals surface area (Å²) in [6.07, 6.45) is 0. The molecule has 3 nitrogen and oxygen atoms in total. The van der Waals surface area contributed by atoms with Gasteiger partial charge in [0, 0.05) is 19.3 Å². The van der Waals surface area contributed by atoms with Crippen molar-refractivity contribution < 1.29 is 4.74 Å². The molecule has 78 valence electrons. The van der Waals surface area contributed by atoms with Gasteiger partial charge in [-0.25, -0.2) is 0 Å². The molecule has 0 aliphatic heterocycles. The van der Waals surface area contributed by atoms with E-state index >= 15 is 0 Å². The van der Waals surface area contributed by atoms with Crippen LogP contribution in [0.3, 0.4) is 0 Å². The summed E-state index contributed by atoms with van der Waals surface area (Å²) < 4.78 is 4.98. The van der Waals surface area contributed by atoms with Crippen LogP contribution in [0.25, 0.3) is 0 Å². The Bertz CT molecular complexity index is 274. The number of hydrogen-bond acceptors (Lipinski definition) is 3. The molecule has 1 rings (SSSR count). The molecule has 0 spiro atoms. The van der Waals surface area contributed by atoms with E-state index in [9.17, 15) is 0 Å². The summed E-state index contributed by atoms with van der Waals surface area (Å²) in [5, 5.41) is 3.22. The maximum absolute atomic E-state index is 4.98. The first-order valence-electron chi connectivity index (χ1n) is 4.69. The van der Waals surface area contributed by atoms with E-state index in [1.54, 1.807) is 7.11 Å². The number of benzene rings is 1. The quantitative estimate of drug-likeness (QED) is 0.723. The van der Waals surface area contributed by atoms with E-state index in [0.717, 1.165) is 12.2 Å². The molecule has 0 atom stereocenters. The predicted molar refractivity (Wildman–Crippen MR) is 59.3 cm³/mol. The molecule has 0 bridgehead atoms. The van der Waals surface area contributed by atoms with E-state index in [1.807, 2.05) is 6.07 Å². The van der Waals surface area contributed by atoms with Crippen molar-refractivity contribution in [1.29, 1.82) is 0 Å². The predicted octanol–water partition coefficient (Wildman–Crippen LogP) is 1.76. The second kappa shape index (κ2) is 5.62. The fraction of sp³-hybridized carbons (Fsp3) is 0.455. The fourth-order valence-corrected chi connectivity index (χ4v) is 1.32. The van der Waals surface area contributed by atoms with Gasteiger partial charge in [0.15, 0.2) is 0 Å². The van der Waals surface area contributed by atoms with Crippen LogP contribution in [0.2, 0.25) is 0 Å². The molecule has 0 aliphatic rings. The zero-order chi connectivity index (χ0) is 10.4. The number of rotatable bonds is 5. The molecule has 0 saturated carbocycles. The molecule has 0 aliphatic carbocycles. The van der Waals surface area contributed by atoms with Crippen molar-refractivity contribution in [3.8, 4) is 0 Å². The Morgan fingerprint density at radius 3 is 2.64 bits per heavy atom. The summed E-state index contributed by atoms with van der Waals surface area (Å²) in [5.41, 5.74) is 2.43. The lowest BCUT2D eigenvalue weighted by Crippen LogP contribution is -2.13. The minimum atomic E-state index is 0.546. The monoisotopic (exact) mass is 194 g/mol. The van der Waals surface area contributed by atoms with Gasteiger partial charge in [0.05, 0.1) is 0 Å². The highest BCUT2D eigenvalue weighted by Gasteiger charge is 2.01. The summed E-state index contributed by atoms with van der Waals surface area (Å²) >= 11 is 0. The van der Waals surface area contributed by atoms with Gasteiger partial charge in [-0.15, -0.1) is 0 Å². The first-order chi connectivity index (χ1) is 6.74. The van der Waals surface area contributed by atoms with Crippen molar-refractivity contribution in [3.63, 3.8) is 0 Å². The second-order valence-electron chi connectivity index (χ2n) is 3.50. The van der Waals surface area contributed by atoms with Crippen LogP contribution in [-0.2, 0) is 11.3 Å². The number of methoxy groups -OCH3 is 1. The van der Waals surface area contributed by atoms with Gasteiger partial charge in [0.1, 0.15) is 6.73 Å². The van der Waals surface area contributed by atoms with Crippen molar-refractivity contribution in [2.45, 2.75) is 6.54 Å². The molecule has 0 saturated heterocycles. The molecule has 0 fully saturated rings. The molecule has 1 aromatic rings. The number of para-hydroxylation sites is 1. The van der Waals surface area contributed by atoms with Gasteiger partial charge in [-0.05, 0) is 25.7 Å². The Balaban J connectivity index is 2.69. The molecular weight excluding hydrogens is 176 g/mol. The average Bonchev–Trinajstić information content (AvgIpc) is 2.16. The van der Waals surface area contributed by atoms with E-state index in [0.29, 0.717) is 6.73 Å². The molecule has 0 aromatic heterocycles. The van der Waals surface area contributed by atoms with Gasteiger partial charge in [0.2, 0.25) is 0 Å². The van der Waals surface area contributed by atoms with Crippen molar-refractivity contribution in [1.82, 2.24) is 4.90 Å². The maximum atomic E-state index is 4.98. The van der Waals surface area contributed by atoms with Gasteiger partial charge in [-0.1, -0.05) is 18.2 Å². The smallest absolute Gasteiger partial charge is 0.116 e. The van der Waals surface area contributed by atoms with Crippen molar-refractivity contribution in [2.24, 2.45) is 0 Å². The van der Waals surface area contributed by atoms with Crippen LogP contribution in [0.1, 0.15) is 5.56 Å². The largest absolute Gasteiger partial charge is 0.365 e. The topological polar surface area (TPSA) is 24.5 Å². The van der Waals surface area contributed by atoms with Gasteiger partial charge in [-0.2, -0.15) is 0 Å². The fourth-order valence-electron chi connectivity index (χ4n) is 1.32. The van der Waals surface area contributed by atoms with Gasteiger partial charge < -0.3 is 15.0 Å². The Hall–Kier alpha value is -1.06. The van der Waals surface area contributed by atoms with Gasteiger partial charge in [-0.3, -0.25) is 0 Å². The zero-order valence-electron chi connectivity index (χ0n) is 9.08. The average molecular weight is 194 g/mol. The van der Waals surface area contributed by atoms with Crippen LogP contribution < -0.4 is 5.32 Å². The van der Waals surface area contributed by atoms with Gasteiger partial charge in [0.25, 0.3) is 0 Å². The number of nitrogens with one attached hydrogen (secondary N) is 1. The van der Waals surface area contributed by atoms with Crippen molar-refractivity contribution >= 4 is 5.69 Å². The van der Waals surface area contributed by atoms with Crippen LogP contribution in [0.5, 0.6) is 0 Å². The second-order valence-corrected chi connectivity index (χ2v) is 3.50. The van der Waals surface area contributed by atoms with Crippen LogP contribution in [0, 0.1) is 0 Å². The van der Waals surface area contributed by atoms with Gasteiger partial charge >= 0.3 is 0 Å². The Labute approximate surface area is 85.7 Å². The van der Waals surface area contributed by atoms with Crippen LogP contribution in [-0.4, -0.2) is 32.8 Å². The molecule has 3 heteroatoms. The SMILES string of the molecule is COCNc1ccccc1CN(C)C. The molecular formula is C11H18N2O. The van der Waals surface area contributed by atoms with Crippen LogP contribution in [0.15, 0.2) is 24.3 Å². The highest BCUT2D eigenvalue weighted by molar-refractivity contribution is 5.50. The van der Waals surface area contributed by atoms with Crippen molar-refractivity contribution in [3.05, 3.63) is 29.8 Å². The van der Waals surface area contributed by atoms with E-state index in [4.69, 9.17) is 4.74 Å². The minimum Gasteiger partial charge on any atom is -0.365 e. The Kier molecular flexibility index (Phi) is 4.43. The minimum absolute atomic E-state index is 0.546. The summed E-state index contributed by atoms with van der Waals surface area (Å²) in [7, 11) is 5.81. The lowest BCUT2D eigenvalue weighted by molar-refractivity contribution is 0.221. The van der Waals surface area contributed by atoms with E-state index in [1.165, 1.54) is 5.56 Å². The summed E-state index contributed by atoms with van der Waals surface area (Å²) in [4.78, 5) is 2.15. The molecule has 14 heavy (non-hydrogen) atoms. The lowest BCUT2D eigenvalue weighted by Gasteiger charge is -2.14. The lowest BCUT2D eigenvalue weighted by atomic mass is 10.1. The molecule has 0 radical (unpaired) electrons. The van der Waals surface area contributed by atoms with Crippen LogP contribution >= 0.6 is 0 Å². The molecule has 1 N–H and O–H groups in total. The zero-order valence-corrected chi connectivity index (χ0v) is 9.08. The number of nitrogens with zero attached hydrogens (tertiary/aromatic N) is 1. The highest BCUT2D eigenvalue weighted by Crippen LogP contribution is 2.15. The van der Waals surface area contributed by atoms with E-state index < -0.39 is 0 Å². The standard InChI is InChI=1S/C11H18N2O/c1-13(2)8-10-6-4-5-7-11(10)12-9-14-3/h4-7,12H,8-9H2,1-3H3. The molecule has 0 unspecified atom stereocenters. The third kappa shape index (κ3) is 3.36. The van der Waals surface area contributed by atoms with Crippen molar-refractivity contribution in [2.75, 3.05) is 33.3 Å². The summed E-state index contributed by atoms with van der Waals surface area (Å²) in [5.74, 6) is 0. The Morgan fingerprint density at radius 1 is 1.29 bits per heavy atom. The third-order valence-corrected chi connectivity index (χ3v) is 1.91. The normalized spacial score (nSPS) is 10.6. The molecule has 1 aromatic carbocycles. The number of anilines is 1. The van der Waals surface area contributed by atoms with E-state index in [2.05, 4.69) is 42.5 Å². The maximum Gasteiger partial charge on any atom is 0.116 e. The first-order valence-corrected chi connectivity index (χ1v) is 4.69. The summed E-state index contributed by atoms with van der Waals surface area (Å²) in [6.45, 7) is 1.48. The third-order valence-electron chi connectivity index (χ3n) is 1.91. The molecule has 0 amide bonds. The van der Waals surface area contributed by atoms with E-state index in [-0.39, 0.29) is 0 Å². The van der Waals surface area contributed by atoms with Crippen LogP contribution in [0.4, 0.5) is 5.69 Å².